The van der Waals surface area contributed by atoms with Gasteiger partial charge in [-0.3, -0.25) is 0 Å². The minimum absolute atomic E-state index is 0.452. The zero-order valence-corrected chi connectivity index (χ0v) is 9.07. The molecule has 1 aromatic rings. The standard InChI is InChI=1S/C10H14ClNS/c11-9-4-8(5-9)6-12-7-10-2-1-3-13-10/h1-3,8-9,12H,4-7H2. The van der Waals surface area contributed by atoms with Crippen LogP contribution in [0.25, 0.3) is 0 Å². The molecule has 1 aliphatic rings. The number of halogens is 1. The molecule has 0 atom stereocenters. The first-order valence-corrected chi connectivity index (χ1v) is 6.03. The smallest absolute Gasteiger partial charge is 0.0342 e. The van der Waals surface area contributed by atoms with Crippen LogP contribution >= 0.6 is 22.9 Å². The summed E-state index contributed by atoms with van der Waals surface area (Å²) in [6.07, 6.45) is 2.39. The average molecular weight is 216 g/mol. The SMILES string of the molecule is ClC1CC(CNCc2cccs2)C1. The highest BCUT2D eigenvalue weighted by Crippen LogP contribution is 2.31. The minimum atomic E-state index is 0.452. The molecule has 13 heavy (non-hydrogen) atoms. The van der Waals surface area contributed by atoms with Crippen molar-refractivity contribution in [1.82, 2.24) is 5.32 Å². The number of alkyl halides is 1. The Morgan fingerprint density at radius 2 is 2.38 bits per heavy atom. The fourth-order valence-electron chi connectivity index (χ4n) is 1.63. The Bertz CT molecular complexity index is 241. The Morgan fingerprint density at radius 3 is 3.00 bits per heavy atom. The predicted octanol–water partition coefficient (Wildman–Crippen LogP) is 2.86. The zero-order chi connectivity index (χ0) is 9.10. The molecule has 0 amide bonds. The Balaban J connectivity index is 1.59. The molecule has 0 aromatic carbocycles. The number of nitrogens with one attached hydrogen (secondary N) is 1. The van der Waals surface area contributed by atoms with E-state index in [1.54, 1.807) is 0 Å². The van der Waals surface area contributed by atoms with Crippen LogP contribution in [0.1, 0.15) is 17.7 Å². The van der Waals surface area contributed by atoms with Gasteiger partial charge >= 0.3 is 0 Å². The van der Waals surface area contributed by atoms with Crippen molar-refractivity contribution in [3.8, 4) is 0 Å². The van der Waals surface area contributed by atoms with E-state index in [4.69, 9.17) is 11.6 Å². The van der Waals surface area contributed by atoms with Crippen LogP contribution in [0.3, 0.4) is 0 Å². The first kappa shape index (κ1) is 9.50. The number of rotatable bonds is 4. The van der Waals surface area contributed by atoms with Crippen molar-refractivity contribution in [2.45, 2.75) is 24.8 Å². The molecule has 0 radical (unpaired) electrons. The molecule has 1 saturated carbocycles. The molecule has 72 valence electrons. The molecule has 1 aromatic heterocycles. The number of hydrogen-bond acceptors (Lipinski definition) is 2. The van der Waals surface area contributed by atoms with Crippen molar-refractivity contribution < 1.29 is 0 Å². The number of thiophene rings is 1. The van der Waals surface area contributed by atoms with E-state index < -0.39 is 0 Å². The monoisotopic (exact) mass is 215 g/mol. The molecular formula is C10H14ClNS. The maximum atomic E-state index is 5.90. The zero-order valence-electron chi connectivity index (χ0n) is 7.50. The summed E-state index contributed by atoms with van der Waals surface area (Å²) < 4.78 is 0. The Labute approximate surface area is 88.1 Å². The van der Waals surface area contributed by atoms with Crippen molar-refractivity contribution in [3.05, 3.63) is 22.4 Å². The molecule has 1 aliphatic carbocycles. The third kappa shape index (κ3) is 2.70. The highest BCUT2D eigenvalue weighted by molar-refractivity contribution is 7.09. The second-order valence-corrected chi connectivity index (χ2v) is 5.29. The Kier molecular flexibility index (Phi) is 3.25. The first-order valence-electron chi connectivity index (χ1n) is 4.72. The van der Waals surface area contributed by atoms with Crippen molar-refractivity contribution in [3.63, 3.8) is 0 Å². The van der Waals surface area contributed by atoms with Crippen LogP contribution in [0.4, 0.5) is 0 Å². The van der Waals surface area contributed by atoms with Crippen LogP contribution in [-0.4, -0.2) is 11.9 Å². The molecule has 0 spiro atoms. The van der Waals surface area contributed by atoms with Gasteiger partial charge in [0.2, 0.25) is 0 Å². The maximum Gasteiger partial charge on any atom is 0.0342 e. The van der Waals surface area contributed by atoms with Gasteiger partial charge in [0.1, 0.15) is 0 Å². The van der Waals surface area contributed by atoms with Crippen LogP contribution in [0.5, 0.6) is 0 Å². The Morgan fingerprint density at radius 1 is 1.54 bits per heavy atom. The maximum absolute atomic E-state index is 5.90. The van der Waals surface area contributed by atoms with Crippen LogP contribution in [-0.2, 0) is 6.54 Å². The molecule has 2 rings (SSSR count). The average Bonchev–Trinajstić information content (AvgIpc) is 2.53. The van der Waals surface area contributed by atoms with E-state index in [9.17, 15) is 0 Å². The first-order chi connectivity index (χ1) is 6.34. The molecule has 0 bridgehead atoms. The summed E-state index contributed by atoms with van der Waals surface area (Å²) in [6, 6.07) is 4.27. The molecule has 3 heteroatoms. The lowest BCUT2D eigenvalue weighted by Gasteiger charge is -2.30. The second kappa shape index (κ2) is 4.45. The topological polar surface area (TPSA) is 12.0 Å². The van der Waals surface area contributed by atoms with Crippen LogP contribution < -0.4 is 5.32 Å². The van der Waals surface area contributed by atoms with Gasteiger partial charge in [0, 0.05) is 16.8 Å². The van der Waals surface area contributed by atoms with E-state index in [-0.39, 0.29) is 0 Å². The van der Waals surface area contributed by atoms with Gasteiger partial charge in [-0.15, -0.1) is 22.9 Å². The summed E-state index contributed by atoms with van der Waals surface area (Å²) in [5.41, 5.74) is 0. The highest BCUT2D eigenvalue weighted by atomic mass is 35.5. The summed E-state index contributed by atoms with van der Waals surface area (Å²) in [7, 11) is 0. The minimum Gasteiger partial charge on any atom is -0.312 e. The van der Waals surface area contributed by atoms with Gasteiger partial charge in [-0.25, -0.2) is 0 Å². The molecule has 1 nitrogen and oxygen atoms in total. The molecule has 0 aliphatic heterocycles. The molecule has 1 heterocycles. The molecule has 1 N–H and O–H groups in total. The van der Waals surface area contributed by atoms with E-state index in [1.807, 2.05) is 11.3 Å². The quantitative estimate of drug-likeness (QED) is 0.762. The second-order valence-electron chi connectivity index (χ2n) is 3.64. The van der Waals surface area contributed by atoms with Crippen molar-refractivity contribution in [1.29, 1.82) is 0 Å². The van der Waals surface area contributed by atoms with Gasteiger partial charge in [-0.05, 0) is 36.8 Å². The van der Waals surface area contributed by atoms with Crippen LogP contribution in [0.15, 0.2) is 17.5 Å². The van der Waals surface area contributed by atoms with Crippen molar-refractivity contribution in [2.75, 3.05) is 6.54 Å². The van der Waals surface area contributed by atoms with E-state index in [2.05, 4.69) is 22.8 Å². The van der Waals surface area contributed by atoms with E-state index in [0.29, 0.717) is 5.38 Å². The Hall–Kier alpha value is -0.0500. The van der Waals surface area contributed by atoms with E-state index in [1.165, 1.54) is 17.7 Å². The largest absolute Gasteiger partial charge is 0.312 e. The third-order valence-corrected chi connectivity index (χ3v) is 3.72. The van der Waals surface area contributed by atoms with Gasteiger partial charge in [0.05, 0.1) is 0 Å². The van der Waals surface area contributed by atoms with Crippen molar-refractivity contribution in [2.24, 2.45) is 5.92 Å². The lowest BCUT2D eigenvalue weighted by atomic mass is 9.85. The highest BCUT2D eigenvalue weighted by Gasteiger charge is 2.26. The summed E-state index contributed by atoms with van der Waals surface area (Å²) in [6.45, 7) is 2.14. The summed E-state index contributed by atoms with van der Waals surface area (Å²) in [4.78, 5) is 1.42. The van der Waals surface area contributed by atoms with E-state index >= 15 is 0 Å². The van der Waals surface area contributed by atoms with Crippen molar-refractivity contribution >= 4 is 22.9 Å². The van der Waals surface area contributed by atoms with Gasteiger partial charge in [0.25, 0.3) is 0 Å². The lowest BCUT2D eigenvalue weighted by Crippen LogP contribution is -2.33. The third-order valence-electron chi connectivity index (χ3n) is 2.49. The van der Waals surface area contributed by atoms with Gasteiger partial charge in [-0.2, -0.15) is 0 Å². The predicted molar refractivity (Wildman–Crippen MR) is 58.4 cm³/mol. The van der Waals surface area contributed by atoms with Crippen LogP contribution in [0, 0.1) is 5.92 Å². The fourth-order valence-corrected chi connectivity index (χ4v) is 2.81. The number of hydrogen-bond donors (Lipinski definition) is 1. The molecule has 0 saturated heterocycles. The summed E-state index contributed by atoms with van der Waals surface area (Å²) >= 11 is 7.71. The molecule has 1 fully saturated rings. The van der Waals surface area contributed by atoms with E-state index in [0.717, 1.165) is 19.0 Å². The van der Waals surface area contributed by atoms with Gasteiger partial charge in [-0.1, -0.05) is 6.07 Å². The lowest BCUT2D eigenvalue weighted by molar-refractivity contribution is 0.308. The molecular weight excluding hydrogens is 202 g/mol. The summed E-state index contributed by atoms with van der Waals surface area (Å²) in [5, 5.41) is 6.03. The van der Waals surface area contributed by atoms with Gasteiger partial charge < -0.3 is 5.32 Å². The molecule has 0 unspecified atom stereocenters. The normalized spacial score (nSPS) is 27.2. The summed E-state index contributed by atoms with van der Waals surface area (Å²) in [5.74, 6) is 0.822. The van der Waals surface area contributed by atoms with Crippen LogP contribution in [0.2, 0.25) is 0 Å². The fraction of sp³-hybridized carbons (Fsp3) is 0.600. The van der Waals surface area contributed by atoms with Gasteiger partial charge in [0.15, 0.2) is 0 Å².